The van der Waals surface area contributed by atoms with Gasteiger partial charge in [0.25, 0.3) is 5.91 Å². The maximum absolute atomic E-state index is 11.7. The quantitative estimate of drug-likeness (QED) is 0.607. The third kappa shape index (κ3) is 4.60. The second-order valence-electron chi connectivity index (χ2n) is 4.18. The lowest BCUT2D eigenvalue weighted by Crippen LogP contribution is -2.42. The molecule has 1 N–H and O–H groups in total. The van der Waals surface area contributed by atoms with E-state index < -0.39 is 0 Å². The van der Waals surface area contributed by atoms with Crippen LogP contribution < -0.4 is 9.88 Å². The molecule has 2 heterocycles. The number of ether oxygens (including phenoxy) is 1. The Bertz CT molecular complexity index is 598. The zero-order valence-electron chi connectivity index (χ0n) is 11.5. The first-order valence-corrected chi connectivity index (χ1v) is 7.06. The van der Waals surface area contributed by atoms with Crippen molar-refractivity contribution in [2.45, 2.75) is 13.0 Å². The second kappa shape index (κ2) is 7.44. The average Bonchev–Trinajstić information content (AvgIpc) is 3.02. The number of amides is 1. The van der Waals surface area contributed by atoms with E-state index in [1.54, 1.807) is 17.0 Å². The predicted molar refractivity (Wildman–Crippen MR) is 75.2 cm³/mol. The fourth-order valence-corrected chi connectivity index (χ4v) is 2.16. The summed E-state index contributed by atoms with van der Waals surface area (Å²) in [7, 11) is 1.32. The number of nitrogens with zero attached hydrogens (tertiary/aromatic N) is 3. The van der Waals surface area contributed by atoms with E-state index in [4.69, 9.17) is 0 Å². The first kappa shape index (κ1) is 15.0. The molecule has 0 aromatic carbocycles. The summed E-state index contributed by atoms with van der Waals surface area (Å²) < 4.78 is 10.2. The molecule has 2 aromatic heterocycles. The molecule has 110 valence electrons. The summed E-state index contributed by atoms with van der Waals surface area (Å²) in [6.07, 6.45) is 5.28. The van der Waals surface area contributed by atoms with Gasteiger partial charge >= 0.3 is 5.97 Å². The van der Waals surface area contributed by atoms with Crippen molar-refractivity contribution in [1.29, 1.82) is 0 Å². The van der Waals surface area contributed by atoms with Crippen LogP contribution in [0.5, 0.6) is 0 Å². The lowest BCUT2D eigenvalue weighted by Gasteiger charge is -2.02. The van der Waals surface area contributed by atoms with Gasteiger partial charge in [-0.3, -0.25) is 9.59 Å². The number of pyridine rings is 1. The van der Waals surface area contributed by atoms with Gasteiger partial charge in [-0.15, -0.1) is 0 Å². The van der Waals surface area contributed by atoms with Gasteiger partial charge in [0.15, 0.2) is 12.4 Å². The molecular weight excluding hydrogens is 292 g/mol. The third-order valence-corrected chi connectivity index (χ3v) is 3.42. The van der Waals surface area contributed by atoms with Crippen molar-refractivity contribution in [3.63, 3.8) is 0 Å². The molecule has 0 aliphatic rings. The summed E-state index contributed by atoms with van der Waals surface area (Å²) in [6, 6.07) is 3.75. The van der Waals surface area contributed by atoms with Gasteiger partial charge in [0.2, 0.25) is 6.54 Å². The van der Waals surface area contributed by atoms with E-state index >= 15 is 0 Å². The number of hydrogen-bond acceptors (Lipinski definition) is 6. The minimum atomic E-state index is -0.343. The number of esters is 1. The molecule has 0 unspecified atom stereocenters. The van der Waals surface area contributed by atoms with E-state index in [2.05, 4.69) is 19.4 Å². The molecule has 0 saturated carbocycles. The highest BCUT2D eigenvalue weighted by Crippen LogP contribution is 2.17. The lowest BCUT2D eigenvalue weighted by molar-refractivity contribution is -0.684. The first-order chi connectivity index (χ1) is 10.2. The molecule has 1 amide bonds. The summed E-state index contributed by atoms with van der Waals surface area (Å²) in [6.45, 7) is 0.465. The van der Waals surface area contributed by atoms with Crippen molar-refractivity contribution < 1.29 is 18.9 Å². The number of rotatable bonds is 6. The van der Waals surface area contributed by atoms with Gasteiger partial charge in [0.05, 0.1) is 13.5 Å². The van der Waals surface area contributed by atoms with Crippen LogP contribution >= 0.6 is 11.5 Å². The van der Waals surface area contributed by atoms with Crippen LogP contribution in [0.15, 0.2) is 30.9 Å². The van der Waals surface area contributed by atoms with E-state index in [0.29, 0.717) is 0 Å². The third-order valence-electron chi connectivity index (χ3n) is 2.70. The molecule has 0 atom stereocenters. The SMILES string of the molecule is COC(=O)CCNC(=O)C[n+]1ccc(-c2ncns2)cc1. The molecule has 0 spiro atoms. The molecule has 0 radical (unpaired) electrons. The molecule has 0 aliphatic carbocycles. The van der Waals surface area contributed by atoms with E-state index in [1.807, 2.05) is 12.1 Å². The second-order valence-corrected chi connectivity index (χ2v) is 4.96. The Kier molecular flexibility index (Phi) is 5.33. The van der Waals surface area contributed by atoms with Crippen molar-refractivity contribution in [2.24, 2.45) is 0 Å². The molecule has 0 aliphatic heterocycles. The van der Waals surface area contributed by atoms with Gasteiger partial charge in [-0.05, 0) is 11.5 Å². The Morgan fingerprint density at radius 2 is 2.14 bits per heavy atom. The number of carbonyl (C=O) groups excluding carboxylic acids is 2. The van der Waals surface area contributed by atoms with Crippen LogP contribution in [0.1, 0.15) is 6.42 Å². The Balaban J connectivity index is 1.83. The molecule has 0 saturated heterocycles. The van der Waals surface area contributed by atoms with Crippen molar-refractivity contribution in [3.05, 3.63) is 30.9 Å². The Morgan fingerprint density at radius 3 is 2.76 bits per heavy atom. The van der Waals surface area contributed by atoms with E-state index in [9.17, 15) is 9.59 Å². The number of carbonyl (C=O) groups is 2. The summed E-state index contributed by atoms with van der Waals surface area (Å²) in [5.41, 5.74) is 0.958. The highest BCUT2D eigenvalue weighted by molar-refractivity contribution is 7.09. The van der Waals surface area contributed by atoms with Crippen LogP contribution in [0.3, 0.4) is 0 Å². The van der Waals surface area contributed by atoms with Crippen molar-refractivity contribution in [1.82, 2.24) is 14.7 Å². The number of hydrogen-bond donors (Lipinski definition) is 1. The molecule has 2 aromatic rings. The predicted octanol–water partition coefficient (Wildman–Crippen LogP) is 0.172. The number of aromatic nitrogens is 3. The van der Waals surface area contributed by atoms with Crippen molar-refractivity contribution >= 4 is 23.4 Å². The van der Waals surface area contributed by atoms with Gasteiger partial charge in [0, 0.05) is 24.2 Å². The number of nitrogens with one attached hydrogen (secondary N) is 1. The fourth-order valence-electron chi connectivity index (χ4n) is 1.63. The van der Waals surface area contributed by atoms with Crippen LogP contribution in [-0.4, -0.2) is 34.9 Å². The van der Waals surface area contributed by atoms with Crippen LogP contribution in [0.2, 0.25) is 0 Å². The largest absolute Gasteiger partial charge is 0.469 e. The summed E-state index contributed by atoms with van der Waals surface area (Å²) in [5, 5.41) is 3.50. The van der Waals surface area contributed by atoms with Crippen LogP contribution in [0, 0.1) is 0 Å². The van der Waals surface area contributed by atoms with Gasteiger partial charge < -0.3 is 10.1 Å². The highest BCUT2D eigenvalue weighted by Gasteiger charge is 2.10. The molecule has 0 bridgehead atoms. The fraction of sp³-hybridized carbons (Fsp3) is 0.308. The summed E-state index contributed by atoms with van der Waals surface area (Å²) >= 11 is 1.32. The maximum atomic E-state index is 11.7. The summed E-state index contributed by atoms with van der Waals surface area (Å²) in [5.74, 6) is -0.503. The smallest absolute Gasteiger partial charge is 0.307 e. The van der Waals surface area contributed by atoms with E-state index in [1.165, 1.54) is 25.0 Å². The van der Waals surface area contributed by atoms with Gasteiger partial charge in [-0.25, -0.2) is 4.98 Å². The zero-order chi connectivity index (χ0) is 15.1. The number of methoxy groups -OCH3 is 1. The zero-order valence-corrected chi connectivity index (χ0v) is 12.3. The van der Waals surface area contributed by atoms with Crippen LogP contribution in [0.25, 0.3) is 10.6 Å². The average molecular weight is 307 g/mol. The minimum absolute atomic E-state index is 0.160. The molecule has 7 nitrogen and oxygen atoms in total. The van der Waals surface area contributed by atoms with Gasteiger partial charge in [-0.1, -0.05) is 0 Å². The van der Waals surface area contributed by atoms with Crippen molar-refractivity contribution in [2.75, 3.05) is 13.7 Å². The van der Waals surface area contributed by atoms with Crippen molar-refractivity contribution in [3.8, 4) is 10.6 Å². The maximum Gasteiger partial charge on any atom is 0.307 e. The molecular formula is C13H15N4O3S+. The Morgan fingerprint density at radius 1 is 1.38 bits per heavy atom. The molecule has 2 rings (SSSR count). The topological polar surface area (TPSA) is 85.1 Å². The van der Waals surface area contributed by atoms with Crippen LogP contribution in [-0.2, 0) is 20.9 Å². The van der Waals surface area contributed by atoms with Gasteiger partial charge in [0.1, 0.15) is 11.3 Å². The van der Waals surface area contributed by atoms with E-state index in [0.717, 1.165) is 10.6 Å². The molecule has 0 fully saturated rings. The standard InChI is InChI=1S/C13H14N4O3S/c1-20-12(19)2-5-14-11(18)8-17-6-3-10(4-7-17)13-15-9-16-21-13/h3-4,6-7,9H,2,5,8H2,1H3/p+1. The first-order valence-electron chi connectivity index (χ1n) is 6.28. The monoisotopic (exact) mass is 307 g/mol. The molecule has 21 heavy (non-hydrogen) atoms. The van der Waals surface area contributed by atoms with Gasteiger partial charge in [-0.2, -0.15) is 8.94 Å². The lowest BCUT2D eigenvalue weighted by atomic mass is 10.3. The Labute approximate surface area is 125 Å². The highest BCUT2D eigenvalue weighted by atomic mass is 32.1. The summed E-state index contributed by atoms with van der Waals surface area (Å²) in [4.78, 5) is 26.7. The van der Waals surface area contributed by atoms with E-state index in [-0.39, 0.29) is 31.4 Å². The molecule has 8 heteroatoms. The normalized spacial score (nSPS) is 10.1. The minimum Gasteiger partial charge on any atom is -0.469 e. The Hall–Kier alpha value is -2.35. The van der Waals surface area contributed by atoms with Crippen LogP contribution in [0.4, 0.5) is 0 Å².